The van der Waals surface area contributed by atoms with E-state index < -0.39 is 0 Å². The number of imidazole rings is 1. The molecule has 2 aliphatic rings. The number of nitrogens with zero attached hydrogens (tertiary/aromatic N) is 3. The van der Waals surface area contributed by atoms with Crippen LogP contribution in [0.15, 0.2) is 30.9 Å². The van der Waals surface area contributed by atoms with E-state index in [1.54, 1.807) is 35.4 Å². The predicted octanol–water partition coefficient (Wildman–Crippen LogP) is 1.52. The molecule has 0 unspecified atom stereocenters. The minimum atomic E-state index is -0.229. The molecule has 8 nitrogen and oxygen atoms in total. The highest BCUT2D eigenvalue weighted by Gasteiger charge is 2.29. The van der Waals surface area contributed by atoms with E-state index >= 15 is 0 Å². The predicted molar refractivity (Wildman–Crippen MR) is 94.0 cm³/mol. The zero-order chi connectivity index (χ0) is 17.9. The molecule has 0 aromatic carbocycles. The third-order valence-corrected chi connectivity index (χ3v) is 4.56. The molecule has 2 amide bonds. The lowest BCUT2D eigenvalue weighted by Crippen LogP contribution is -2.31. The van der Waals surface area contributed by atoms with Crippen molar-refractivity contribution >= 4 is 17.5 Å². The molecular formula is C18H21N5O3. The summed E-state index contributed by atoms with van der Waals surface area (Å²) < 4.78 is 7.16. The highest BCUT2D eigenvalue weighted by Crippen LogP contribution is 2.30. The molecule has 0 radical (unpaired) electrons. The summed E-state index contributed by atoms with van der Waals surface area (Å²) in [6.07, 6.45) is 8.82. The normalized spacial score (nSPS) is 19.3. The lowest BCUT2D eigenvalue weighted by molar-refractivity contribution is -0.117. The second-order valence-electron chi connectivity index (χ2n) is 6.68. The maximum atomic E-state index is 12.2. The molecule has 2 aromatic rings. The van der Waals surface area contributed by atoms with Gasteiger partial charge in [-0.1, -0.05) is 0 Å². The number of carbonyl (C=O) groups is 2. The van der Waals surface area contributed by atoms with Crippen LogP contribution in [-0.2, 0) is 9.53 Å². The summed E-state index contributed by atoms with van der Waals surface area (Å²) in [4.78, 5) is 32.4. The van der Waals surface area contributed by atoms with Crippen LogP contribution in [0.5, 0.6) is 0 Å². The first kappa shape index (κ1) is 16.7. The molecule has 2 aromatic heterocycles. The molecule has 2 N–H and O–H groups in total. The van der Waals surface area contributed by atoms with Crippen LogP contribution in [0.1, 0.15) is 36.2 Å². The first-order valence-electron chi connectivity index (χ1n) is 8.90. The molecule has 1 aliphatic heterocycles. The van der Waals surface area contributed by atoms with Gasteiger partial charge in [0.2, 0.25) is 5.91 Å². The highest BCUT2D eigenvalue weighted by molar-refractivity contribution is 5.94. The van der Waals surface area contributed by atoms with Gasteiger partial charge in [-0.2, -0.15) is 0 Å². The molecular weight excluding hydrogens is 334 g/mol. The van der Waals surface area contributed by atoms with Crippen molar-refractivity contribution < 1.29 is 14.3 Å². The third kappa shape index (κ3) is 3.91. The van der Waals surface area contributed by atoms with Gasteiger partial charge in [-0.05, 0) is 37.8 Å². The summed E-state index contributed by atoms with van der Waals surface area (Å²) in [7, 11) is 0. The number of amides is 2. The number of hydrogen-bond acceptors (Lipinski definition) is 5. The lowest BCUT2D eigenvalue weighted by atomic mass is 10.2. The van der Waals surface area contributed by atoms with Crippen LogP contribution >= 0.6 is 0 Å². The van der Waals surface area contributed by atoms with Crippen molar-refractivity contribution in [3.8, 4) is 5.82 Å². The number of anilines is 1. The number of nitrogens with one attached hydrogen (secondary N) is 2. The SMILES string of the molecule is O=C(NC[C@H]1CCCO1)c1cn(-c2ccc(NC(=O)C3CC3)cn2)cn1. The Morgan fingerprint density at radius 1 is 1.23 bits per heavy atom. The zero-order valence-corrected chi connectivity index (χ0v) is 14.4. The molecule has 136 valence electrons. The summed E-state index contributed by atoms with van der Waals surface area (Å²) >= 11 is 0. The third-order valence-electron chi connectivity index (χ3n) is 4.56. The van der Waals surface area contributed by atoms with Gasteiger partial charge in [0.25, 0.3) is 5.91 Å². The van der Waals surface area contributed by atoms with Crippen molar-refractivity contribution in [2.75, 3.05) is 18.5 Å². The summed E-state index contributed by atoms with van der Waals surface area (Å²) in [6, 6.07) is 3.57. The monoisotopic (exact) mass is 355 g/mol. The van der Waals surface area contributed by atoms with Crippen molar-refractivity contribution in [2.24, 2.45) is 5.92 Å². The van der Waals surface area contributed by atoms with Gasteiger partial charge in [-0.25, -0.2) is 9.97 Å². The van der Waals surface area contributed by atoms with Crippen LogP contribution in [0.2, 0.25) is 0 Å². The Morgan fingerprint density at radius 2 is 2.12 bits per heavy atom. The Labute approximate surface area is 151 Å². The fraction of sp³-hybridized carbons (Fsp3) is 0.444. The van der Waals surface area contributed by atoms with Gasteiger partial charge >= 0.3 is 0 Å². The Balaban J connectivity index is 1.35. The summed E-state index contributed by atoms with van der Waals surface area (Å²) in [5.74, 6) is 0.596. The van der Waals surface area contributed by atoms with Gasteiger partial charge in [-0.3, -0.25) is 14.2 Å². The van der Waals surface area contributed by atoms with Crippen LogP contribution in [0, 0.1) is 5.92 Å². The molecule has 8 heteroatoms. The van der Waals surface area contributed by atoms with Crippen LogP contribution in [0.4, 0.5) is 5.69 Å². The Hall–Kier alpha value is -2.74. The standard InChI is InChI=1S/C18H21N5O3/c24-17(12-3-4-12)22-13-5-6-16(19-8-13)23-10-15(21-11-23)18(25)20-9-14-2-1-7-26-14/h5-6,8,10-12,14H,1-4,7,9H2,(H,20,25)(H,22,24)/t14-/m1/s1. The molecule has 3 heterocycles. The number of rotatable bonds is 6. The molecule has 1 saturated carbocycles. The van der Waals surface area contributed by atoms with E-state index in [9.17, 15) is 9.59 Å². The van der Waals surface area contributed by atoms with Gasteiger partial charge in [0.05, 0.1) is 18.0 Å². The van der Waals surface area contributed by atoms with E-state index in [1.807, 2.05) is 0 Å². The van der Waals surface area contributed by atoms with Gasteiger partial charge in [0, 0.05) is 25.3 Å². The lowest BCUT2D eigenvalue weighted by Gasteiger charge is -2.09. The maximum Gasteiger partial charge on any atom is 0.271 e. The molecule has 1 aliphatic carbocycles. The summed E-state index contributed by atoms with van der Waals surface area (Å²) in [5, 5.41) is 5.69. The quantitative estimate of drug-likeness (QED) is 0.819. The van der Waals surface area contributed by atoms with Crippen molar-refractivity contribution in [1.82, 2.24) is 19.9 Å². The highest BCUT2D eigenvalue weighted by atomic mass is 16.5. The summed E-state index contributed by atoms with van der Waals surface area (Å²) in [5.41, 5.74) is 0.996. The topological polar surface area (TPSA) is 98.1 Å². The largest absolute Gasteiger partial charge is 0.376 e. The molecule has 0 bridgehead atoms. The van der Waals surface area contributed by atoms with Crippen molar-refractivity contribution in [3.05, 3.63) is 36.5 Å². The number of pyridine rings is 1. The Morgan fingerprint density at radius 3 is 2.81 bits per heavy atom. The average molecular weight is 355 g/mol. The van der Waals surface area contributed by atoms with E-state index in [1.165, 1.54) is 0 Å². The van der Waals surface area contributed by atoms with Crippen LogP contribution < -0.4 is 10.6 Å². The van der Waals surface area contributed by atoms with E-state index in [0.29, 0.717) is 23.7 Å². The van der Waals surface area contributed by atoms with Gasteiger partial charge in [0.15, 0.2) is 0 Å². The van der Waals surface area contributed by atoms with Crippen molar-refractivity contribution in [3.63, 3.8) is 0 Å². The maximum absolute atomic E-state index is 12.2. The molecule has 2 fully saturated rings. The fourth-order valence-electron chi connectivity index (χ4n) is 2.87. The Kier molecular flexibility index (Phi) is 4.66. The molecule has 1 atom stereocenters. The minimum Gasteiger partial charge on any atom is -0.376 e. The molecule has 4 rings (SSSR count). The second-order valence-corrected chi connectivity index (χ2v) is 6.68. The second kappa shape index (κ2) is 7.25. The van der Waals surface area contributed by atoms with E-state index in [0.717, 1.165) is 32.3 Å². The smallest absolute Gasteiger partial charge is 0.271 e. The first-order chi connectivity index (χ1) is 12.7. The molecule has 0 spiro atoms. The van der Waals surface area contributed by atoms with Gasteiger partial charge < -0.3 is 15.4 Å². The first-order valence-corrected chi connectivity index (χ1v) is 8.90. The van der Waals surface area contributed by atoms with E-state index in [2.05, 4.69) is 20.6 Å². The van der Waals surface area contributed by atoms with Crippen LogP contribution in [0.25, 0.3) is 5.82 Å². The van der Waals surface area contributed by atoms with E-state index in [4.69, 9.17) is 4.74 Å². The van der Waals surface area contributed by atoms with Crippen LogP contribution in [-0.4, -0.2) is 45.6 Å². The molecule has 1 saturated heterocycles. The zero-order valence-electron chi connectivity index (χ0n) is 14.4. The van der Waals surface area contributed by atoms with Crippen molar-refractivity contribution in [1.29, 1.82) is 0 Å². The molecule has 26 heavy (non-hydrogen) atoms. The number of aromatic nitrogens is 3. The van der Waals surface area contributed by atoms with E-state index in [-0.39, 0.29) is 23.8 Å². The van der Waals surface area contributed by atoms with Gasteiger partial charge in [-0.15, -0.1) is 0 Å². The number of ether oxygens (including phenoxy) is 1. The number of hydrogen-bond donors (Lipinski definition) is 2. The minimum absolute atomic E-state index is 0.0485. The summed E-state index contributed by atoms with van der Waals surface area (Å²) in [6.45, 7) is 1.26. The number of carbonyl (C=O) groups excluding carboxylic acids is 2. The average Bonchev–Trinajstić information content (AvgIpc) is 3.17. The van der Waals surface area contributed by atoms with Crippen molar-refractivity contribution in [2.45, 2.75) is 31.8 Å². The van der Waals surface area contributed by atoms with Crippen LogP contribution in [0.3, 0.4) is 0 Å². The fourth-order valence-corrected chi connectivity index (χ4v) is 2.87. The Bertz CT molecular complexity index is 791. The van der Waals surface area contributed by atoms with Gasteiger partial charge in [0.1, 0.15) is 17.8 Å².